The van der Waals surface area contributed by atoms with E-state index in [1.807, 2.05) is 0 Å². The molecule has 4 aromatic rings. The number of amides is 1. The van der Waals surface area contributed by atoms with Gasteiger partial charge in [0.1, 0.15) is 5.75 Å². The molecule has 0 atom stereocenters. The molecule has 182 valence electrons. The molecule has 0 saturated carbocycles. The molecule has 37 heavy (non-hydrogen) atoms. The number of methoxy groups -OCH3 is 1. The van der Waals surface area contributed by atoms with Crippen molar-refractivity contribution in [1.82, 2.24) is 0 Å². The third-order valence-corrected chi connectivity index (χ3v) is 7.40. The summed E-state index contributed by atoms with van der Waals surface area (Å²) in [4.78, 5) is 26.2. The van der Waals surface area contributed by atoms with Gasteiger partial charge in [-0.3, -0.25) is 9.59 Å². The quantitative estimate of drug-likeness (QED) is 0.408. The lowest BCUT2D eigenvalue weighted by Gasteiger charge is -2.20. The molecule has 0 spiro atoms. The van der Waals surface area contributed by atoms with Crippen LogP contribution >= 0.6 is 0 Å². The topological polar surface area (TPSA) is 55.4 Å². The van der Waals surface area contributed by atoms with Crippen LogP contribution in [0.3, 0.4) is 0 Å². The van der Waals surface area contributed by atoms with Crippen molar-refractivity contribution in [1.29, 1.82) is 0 Å². The maximum atomic E-state index is 13.6. The largest absolute Gasteiger partial charge is 0.497 e. The number of carbonyl (C=O) groups is 2. The van der Waals surface area contributed by atoms with Gasteiger partial charge in [0.25, 0.3) is 5.91 Å². The van der Waals surface area contributed by atoms with Crippen molar-refractivity contribution in [2.24, 2.45) is 0 Å². The van der Waals surface area contributed by atoms with Gasteiger partial charge in [0.05, 0.1) is 7.11 Å². The second kappa shape index (κ2) is 9.55. The molecule has 0 bridgehead atoms. The summed E-state index contributed by atoms with van der Waals surface area (Å²) in [6, 6.07) is 27.0. The van der Waals surface area contributed by atoms with Gasteiger partial charge in [0.15, 0.2) is 5.78 Å². The summed E-state index contributed by atoms with van der Waals surface area (Å²) in [5, 5.41) is 7.84. The first kappa shape index (κ1) is 23.0. The summed E-state index contributed by atoms with van der Waals surface area (Å²) < 4.78 is 5.20. The summed E-state index contributed by atoms with van der Waals surface area (Å²) in [6.07, 6.45) is 5.95. The maximum absolute atomic E-state index is 13.6. The Labute approximate surface area is 215 Å². The third kappa shape index (κ3) is 4.25. The van der Waals surface area contributed by atoms with Gasteiger partial charge in [-0.05, 0) is 100 Å². The molecular formula is C33H27NO3. The Morgan fingerprint density at radius 2 is 1.57 bits per heavy atom. The average molecular weight is 486 g/mol. The van der Waals surface area contributed by atoms with Crippen LogP contribution in [0.2, 0.25) is 0 Å². The van der Waals surface area contributed by atoms with Crippen LogP contribution in [0.25, 0.3) is 11.6 Å². The highest BCUT2D eigenvalue weighted by Gasteiger charge is 2.21. The molecule has 0 aliphatic heterocycles. The van der Waals surface area contributed by atoms with E-state index in [1.165, 1.54) is 26.8 Å². The molecule has 4 heteroatoms. The Balaban J connectivity index is 1.31. The van der Waals surface area contributed by atoms with Crippen LogP contribution in [0.15, 0.2) is 84.9 Å². The van der Waals surface area contributed by atoms with Crippen LogP contribution in [0, 0.1) is 10.4 Å². The molecule has 0 saturated heterocycles. The molecule has 0 unspecified atom stereocenters. The van der Waals surface area contributed by atoms with Crippen molar-refractivity contribution >= 4 is 29.0 Å². The fourth-order valence-corrected chi connectivity index (χ4v) is 5.54. The predicted octanol–water partition coefficient (Wildman–Crippen LogP) is 4.94. The first-order valence-electron chi connectivity index (χ1n) is 12.7. The highest BCUT2D eigenvalue weighted by atomic mass is 16.5. The Hall–Kier alpha value is -4.44. The number of benzene rings is 4. The van der Waals surface area contributed by atoms with Crippen molar-refractivity contribution in [3.05, 3.63) is 128 Å². The van der Waals surface area contributed by atoms with E-state index in [4.69, 9.17) is 4.74 Å². The second-order valence-corrected chi connectivity index (χ2v) is 9.54. The first-order chi connectivity index (χ1) is 18.1. The zero-order valence-corrected chi connectivity index (χ0v) is 20.7. The molecule has 2 aliphatic carbocycles. The van der Waals surface area contributed by atoms with E-state index >= 15 is 0 Å². The molecule has 0 radical (unpaired) electrons. The monoisotopic (exact) mass is 485 g/mol. The zero-order valence-electron chi connectivity index (χ0n) is 20.7. The van der Waals surface area contributed by atoms with Crippen LogP contribution in [-0.4, -0.2) is 18.8 Å². The summed E-state index contributed by atoms with van der Waals surface area (Å²) in [5.41, 5.74) is 5.35. The molecule has 0 heterocycles. The van der Waals surface area contributed by atoms with Crippen LogP contribution in [0.1, 0.15) is 44.7 Å². The van der Waals surface area contributed by atoms with E-state index < -0.39 is 0 Å². The molecule has 1 amide bonds. The Kier molecular flexibility index (Phi) is 5.93. The second-order valence-electron chi connectivity index (χ2n) is 9.54. The molecule has 2 aliphatic rings. The standard InChI is InChI=1S/C33H27NO3/c1-37-25-8-4-7-23(20-25)33(36)34-24-15-12-22(13-16-24)32(35)31-11-5-10-27-29-17-14-21-6-2-3-9-26(21)28(29)18-19-30(27)31/h2-4,6-9,12-16,18-20H,5,10-11,17H2,1H3,(H,34,36). The SMILES string of the molecule is COc1cccc(C(=O)Nc2ccc(C(=O)C3=c4ccc5c(c4CCC3)CC=c3ccccc3=5)cc2)c1. The number of ether oxygens (including phenoxy) is 1. The molecule has 4 nitrogen and oxygen atoms in total. The van der Waals surface area contributed by atoms with E-state index in [9.17, 15) is 9.59 Å². The zero-order chi connectivity index (χ0) is 25.4. The van der Waals surface area contributed by atoms with Crippen molar-refractivity contribution < 1.29 is 14.3 Å². The normalized spacial score (nSPS) is 13.5. The first-order valence-corrected chi connectivity index (χ1v) is 12.7. The molecular weight excluding hydrogens is 458 g/mol. The van der Waals surface area contributed by atoms with E-state index in [1.54, 1.807) is 55.6 Å². The van der Waals surface area contributed by atoms with Gasteiger partial charge < -0.3 is 10.1 Å². The van der Waals surface area contributed by atoms with Gasteiger partial charge in [0, 0.05) is 22.4 Å². The lowest BCUT2D eigenvalue weighted by Crippen LogP contribution is -2.25. The fourth-order valence-electron chi connectivity index (χ4n) is 5.54. The summed E-state index contributed by atoms with van der Waals surface area (Å²) >= 11 is 0. The van der Waals surface area contributed by atoms with Crippen molar-refractivity contribution in [3.8, 4) is 5.75 Å². The molecule has 4 aromatic carbocycles. The number of fused-ring (bicyclic) bond motifs is 4. The van der Waals surface area contributed by atoms with Gasteiger partial charge in [-0.15, -0.1) is 0 Å². The molecule has 0 fully saturated rings. The fraction of sp³-hybridized carbons (Fsp3) is 0.152. The van der Waals surface area contributed by atoms with Gasteiger partial charge in [-0.1, -0.05) is 48.5 Å². The summed E-state index contributed by atoms with van der Waals surface area (Å²) in [5.74, 6) is 0.463. The maximum Gasteiger partial charge on any atom is 0.255 e. The third-order valence-electron chi connectivity index (χ3n) is 7.40. The van der Waals surface area contributed by atoms with Gasteiger partial charge >= 0.3 is 0 Å². The van der Waals surface area contributed by atoms with Crippen LogP contribution in [0.5, 0.6) is 5.75 Å². The Bertz CT molecular complexity index is 1770. The van der Waals surface area contributed by atoms with E-state index in [-0.39, 0.29) is 11.7 Å². The molecule has 1 N–H and O–H groups in total. The van der Waals surface area contributed by atoms with E-state index in [0.717, 1.165) is 36.5 Å². The lowest BCUT2D eigenvalue weighted by atomic mass is 9.84. The number of nitrogens with one attached hydrogen (secondary N) is 1. The number of hydrogen-bond acceptors (Lipinski definition) is 3. The smallest absolute Gasteiger partial charge is 0.255 e. The Morgan fingerprint density at radius 3 is 2.41 bits per heavy atom. The van der Waals surface area contributed by atoms with Gasteiger partial charge in [-0.25, -0.2) is 0 Å². The summed E-state index contributed by atoms with van der Waals surface area (Å²) in [7, 11) is 1.57. The lowest BCUT2D eigenvalue weighted by molar-refractivity contribution is 0.102. The minimum Gasteiger partial charge on any atom is -0.497 e. The number of hydrogen-bond donors (Lipinski definition) is 1. The van der Waals surface area contributed by atoms with Crippen molar-refractivity contribution in [2.45, 2.75) is 25.7 Å². The highest BCUT2D eigenvalue weighted by molar-refractivity contribution is 6.24. The average Bonchev–Trinajstić information content (AvgIpc) is 2.96. The van der Waals surface area contributed by atoms with Crippen LogP contribution < -0.4 is 20.5 Å². The van der Waals surface area contributed by atoms with Crippen LogP contribution in [-0.2, 0) is 12.8 Å². The number of Topliss-reactive ketones (excluding diaryl/α,β-unsaturated/α-hetero) is 1. The minimum atomic E-state index is -0.225. The van der Waals surface area contributed by atoms with E-state index in [0.29, 0.717) is 22.6 Å². The molecule has 6 rings (SSSR count). The minimum absolute atomic E-state index is 0.0618. The number of ketones is 1. The van der Waals surface area contributed by atoms with Crippen LogP contribution in [0.4, 0.5) is 5.69 Å². The Morgan fingerprint density at radius 1 is 0.757 bits per heavy atom. The van der Waals surface area contributed by atoms with Crippen molar-refractivity contribution in [2.75, 3.05) is 12.4 Å². The number of rotatable bonds is 5. The number of carbonyl (C=O) groups excluding carboxylic acids is 2. The van der Waals surface area contributed by atoms with Gasteiger partial charge in [-0.2, -0.15) is 0 Å². The van der Waals surface area contributed by atoms with Gasteiger partial charge in [0.2, 0.25) is 0 Å². The van der Waals surface area contributed by atoms with Crippen molar-refractivity contribution in [3.63, 3.8) is 0 Å². The highest BCUT2D eigenvalue weighted by Crippen LogP contribution is 2.24. The summed E-state index contributed by atoms with van der Waals surface area (Å²) in [6.45, 7) is 0. The molecule has 0 aromatic heterocycles. The van der Waals surface area contributed by atoms with E-state index in [2.05, 4.69) is 47.8 Å². The predicted molar refractivity (Wildman–Crippen MR) is 146 cm³/mol. The number of anilines is 1.